The van der Waals surface area contributed by atoms with Gasteiger partial charge >= 0.3 is 0 Å². The molecule has 1 aliphatic carbocycles. The Morgan fingerprint density at radius 1 is 1.38 bits per heavy atom. The van der Waals surface area contributed by atoms with Crippen LogP contribution in [0.3, 0.4) is 0 Å². The van der Waals surface area contributed by atoms with Crippen LogP contribution in [-0.2, 0) is 4.79 Å². The van der Waals surface area contributed by atoms with E-state index in [1.165, 1.54) is 17.3 Å². The molecule has 1 heterocycles. The zero-order valence-electron chi connectivity index (χ0n) is 9.48. The lowest BCUT2D eigenvalue weighted by Crippen LogP contribution is -2.41. The van der Waals surface area contributed by atoms with Gasteiger partial charge in [0, 0.05) is 35.1 Å². The van der Waals surface area contributed by atoms with Crippen molar-refractivity contribution < 1.29 is 4.79 Å². The van der Waals surface area contributed by atoms with Crippen LogP contribution in [0.4, 0.5) is 0 Å². The van der Waals surface area contributed by atoms with E-state index >= 15 is 0 Å². The van der Waals surface area contributed by atoms with Gasteiger partial charge in [0.1, 0.15) is 0 Å². The molecule has 1 aliphatic heterocycles. The second-order valence-electron chi connectivity index (χ2n) is 4.51. The number of hydrogen-bond acceptors (Lipinski definition) is 4. The molecular weight excluding hydrogens is 240 g/mol. The molecule has 0 aromatic carbocycles. The summed E-state index contributed by atoms with van der Waals surface area (Å²) in [5.41, 5.74) is 5.92. The normalized spacial score (nSPS) is 34.9. The maximum Gasteiger partial charge on any atom is 0.224 e. The molecule has 92 valence electrons. The lowest BCUT2D eigenvalue weighted by molar-refractivity contribution is -0.125. The minimum Gasteiger partial charge on any atom is -0.355 e. The van der Waals surface area contributed by atoms with E-state index in [0.29, 0.717) is 5.25 Å². The van der Waals surface area contributed by atoms with Crippen molar-refractivity contribution in [1.82, 2.24) is 5.32 Å². The maximum absolute atomic E-state index is 11.9. The lowest BCUT2D eigenvalue weighted by Gasteiger charge is -2.22. The van der Waals surface area contributed by atoms with Gasteiger partial charge in [-0.25, -0.2) is 0 Å². The van der Waals surface area contributed by atoms with Crippen LogP contribution >= 0.6 is 23.5 Å². The second-order valence-corrected chi connectivity index (χ2v) is 7.07. The standard InChI is InChI=1S/C11H20N2OS2/c12-10-3-1-2-9(10)11(14)13-6-8-7-15-4-5-16-8/h8-10H,1-7,12H2,(H,13,14). The van der Waals surface area contributed by atoms with E-state index in [1.807, 2.05) is 23.5 Å². The van der Waals surface area contributed by atoms with Gasteiger partial charge < -0.3 is 11.1 Å². The highest BCUT2D eigenvalue weighted by molar-refractivity contribution is 8.06. The largest absolute Gasteiger partial charge is 0.355 e. The van der Waals surface area contributed by atoms with Gasteiger partial charge in [-0.2, -0.15) is 23.5 Å². The van der Waals surface area contributed by atoms with Crippen LogP contribution in [0.5, 0.6) is 0 Å². The average molecular weight is 260 g/mol. The molecule has 3 nitrogen and oxygen atoms in total. The highest BCUT2D eigenvalue weighted by Crippen LogP contribution is 2.25. The first-order chi connectivity index (χ1) is 7.77. The molecule has 1 saturated heterocycles. The Morgan fingerprint density at radius 3 is 2.88 bits per heavy atom. The highest BCUT2D eigenvalue weighted by Gasteiger charge is 2.30. The number of carbonyl (C=O) groups is 1. The van der Waals surface area contributed by atoms with Gasteiger partial charge in [-0.1, -0.05) is 6.42 Å². The Bertz CT molecular complexity index is 244. The summed E-state index contributed by atoms with van der Waals surface area (Å²) in [6.07, 6.45) is 3.08. The molecule has 2 aliphatic rings. The molecule has 5 heteroatoms. The van der Waals surface area contributed by atoms with Crippen molar-refractivity contribution in [3.05, 3.63) is 0 Å². The number of amides is 1. The van der Waals surface area contributed by atoms with Crippen LogP contribution < -0.4 is 11.1 Å². The van der Waals surface area contributed by atoms with E-state index in [9.17, 15) is 4.79 Å². The van der Waals surface area contributed by atoms with Gasteiger partial charge in [-0.05, 0) is 12.8 Å². The Balaban J connectivity index is 1.70. The quantitative estimate of drug-likeness (QED) is 0.797. The van der Waals surface area contributed by atoms with Crippen LogP contribution in [0.1, 0.15) is 19.3 Å². The van der Waals surface area contributed by atoms with Gasteiger partial charge in [-0.15, -0.1) is 0 Å². The predicted octanol–water partition coefficient (Wildman–Crippen LogP) is 1.08. The molecule has 3 N–H and O–H groups in total. The fourth-order valence-electron chi connectivity index (χ4n) is 2.31. The van der Waals surface area contributed by atoms with Crippen LogP contribution in [0, 0.1) is 5.92 Å². The van der Waals surface area contributed by atoms with Crippen LogP contribution in [0.25, 0.3) is 0 Å². The zero-order chi connectivity index (χ0) is 11.4. The van der Waals surface area contributed by atoms with E-state index in [2.05, 4.69) is 5.32 Å². The fraction of sp³-hybridized carbons (Fsp3) is 0.909. The minimum absolute atomic E-state index is 0.0706. The molecule has 0 radical (unpaired) electrons. The number of nitrogens with one attached hydrogen (secondary N) is 1. The molecule has 2 rings (SSSR count). The van der Waals surface area contributed by atoms with Gasteiger partial charge in [0.25, 0.3) is 0 Å². The third kappa shape index (κ3) is 3.31. The van der Waals surface area contributed by atoms with Gasteiger partial charge in [-0.3, -0.25) is 4.79 Å². The second kappa shape index (κ2) is 6.17. The Morgan fingerprint density at radius 2 is 2.25 bits per heavy atom. The molecule has 0 spiro atoms. The van der Waals surface area contributed by atoms with E-state index in [1.54, 1.807) is 0 Å². The summed E-state index contributed by atoms with van der Waals surface area (Å²) in [5.74, 6) is 3.89. The molecule has 1 saturated carbocycles. The van der Waals surface area contributed by atoms with Gasteiger partial charge in [0.2, 0.25) is 5.91 Å². The van der Waals surface area contributed by atoms with Crippen LogP contribution in [0.15, 0.2) is 0 Å². The average Bonchev–Trinajstić information content (AvgIpc) is 2.74. The van der Waals surface area contributed by atoms with E-state index in [0.717, 1.165) is 25.8 Å². The maximum atomic E-state index is 11.9. The SMILES string of the molecule is NC1CCCC1C(=O)NCC1CSCCS1. The fourth-order valence-corrected chi connectivity index (χ4v) is 4.93. The molecule has 0 aromatic heterocycles. The topological polar surface area (TPSA) is 55.1 Å². The van der Waals surface area contributed by atoms with Crippen molar-refractivity contribution in [1.29, 1.82) is 0 Å². The Kier molecular flexibility index (Phi) is 4.85. The van der Waals surface area contributed by atoms with E-state index in [4.69, 9.17) is 5.73 Å². The molecule has 3 unspecified atom stereocenters. The van der Waals surface area contributed by atoms with Crippen LogP contribution in [-0.4, -0.2) is 41.0 Å². The first-order valence-electron chi connectivity index (χ1n) is 6.00. The predicted molar refractivity (Wildman–Crippen MR) is 71.9 cm³/mol. The summed E-state index contributed by atoms with van der Waals surface area (Å²) in [6, 6.07) is 0.0911. The third-order valence-electron chi connectivity index (χ3n) is 3.30. The van der Waals surface area contributed by atoms with Crippen molar-refractivity contribution in [3.63, 3.8) is 0 Å². The van der Waals surface area contributed by atoms with Crippen molar-refractivity contribution in [2.45, 2.75) is 30.6 Å². The summed E-state index contributed by atoms with van der Waals surface area (Å²) in [7, 11) is 0. The summed E-state index contributed by atoms with van der Waals surface area (Å²) < 4.78 is 0. The third-order valence-corrected chi connectivity index (χ3v) is 6.14. The molecule has 16 heavy (non-hydrogen) atoms. The molecule has 0 bridgehead atoms. The highest BCUT2D eigenvalue weighted by atomic mass is 32.2. The van der Waals surface area contributed by atoms with Crippen molar-refractivity contribution in [2.75, 3.05) is 23.8 Å². The zero-order valence-corrected chi connectivity index (χ0v) is 11.1. The first kappa shape index (κ1) is 12.6. The molecule has 0 aromatic rings. The number of carbonyl (C=O) groups excluding carboxylic acids is 1. The monoisotopic (exact) mass is 260 g/mol. The Labute approximate surface area is 106 Å². The first-order valence-corrected chi connectivity index (χ1v) is 8.20. The van der Waals surface area contributed by atoms with Crippen molar-refractivity contribution in [3.8, 4) is 0 Å². The summed E-state index contributed by atoms with van der Waals surface area (Å²) in [4.78, 5) is 11.9. The van der Waals surface area contributed by atoms with Crippen molar-refractivity contribution >= 4 is 29.4 Å². The number of rotatable bonds is 3. The number of thioether (sulfide) groups is 2. The van der Waals surface area contributed by atoms with Gasteiger partial charge in [0.15, 0.2) is 0 Å². The minimum atomic E-state index is 0.0706. The lowest BCUT2D eigenvalue weighted by atomic mass is 10.0. The van der Waals surface area contributed by atoms with Gasteiger partial charge in [0.05, 0.1) is 5.92 Å². The molecular formula is C11H20N2OS2. The number of nitrogens with two attached hydrogens (primary N) is 1. The Hall–Kier alpha value is 0.130. The summed E-state index contributed by atoms with van der Waals surface area (Å²) >= 11 is 3.97. The molecule has 2 fully saturated rings. The van der Waals surface area contributed by atoms with E-state index in [-0.39, 0.29) is 17.9 Å². The summed E-state index contributed by atoms with van der Waals surface area (Å²) in [6.45, 7) is 0.819. The molecule has 1 amide bonds. The van der Waals surface area contributed by atoms with Crippen molar-refractivity contribution in [2.24, 2.45) is 11.7 Å². The molecule has 3 atom stereocenters. The van der Waals surface area contributed by atoms with E-state index < -0.39 is 0 Å². The smallest absolute Gasteiger partial charge is 0.224 e. The number of hydrogen-bond donors (Lipinski definition) is 2. The van der Waals surface area contributed by atoms with Crippen LogP contribution in [0.2, 0.25) is 0 Å². The summed E-state index contributed by atoms with van der Waals surface area (Å²) in [5, 5.41) is 3.67.